The van der Waals surface area contributed by atoms with Crippen molar-refractivity contribution in [1.82, 2.24) is 4.98 Å². The number of nitro groups is 2. The molecule has 0 amide bonds. The largest absolute Gasteiger partial charge is 0.391 e. The van der Waals surface area contributed by atoms with E-state index in [2.05, 4.69) is 10.3 Å². The Morgan fingerprint density at radius 1 is 0.947 bits per heavy atom. The molecule has 1 aromatic carbocycles. The van der Waals surface area contributed by atoms with Gasteiger partial charge in [0.25, 0.3) is 0 Å². The van der Waals surface area contributed by atoms with Crippen molar-refractivity contribution in [3.8, 4) is 0 Å². The number of hydrogen-bond donors (Lipinski definition) is 1. The van der Waals surface area contributed by atoms with E-state index in [-0.39, 0.29) is 5.69 Å². The second-order valence-electron chi connectivity index (χ2n) is 3.55. The van der Waals surface area contributed by atoms with Crippen molar-refractivity contribution in [1.29, 1.82) is 0 Å². The molecule has 0 fully saturated rings. The Balaban J connectivity index is 2.40. The van der Waals surface area contributed by atoms with Crippen LogP contribution in [0.15, 0.2) is 42.5 Å². The van der Waals surface area contributed by atoms with E-state index in [4.69, 9.17) is 0 Å². The van der Waals surface area contributed by atoms with Crippen molar-refractivity contribution >= 4 is 23.0 Å². The molecule has 0 saturated carbocycles. The molecule has 8 heteroatoms. The highest BCUT2D eigenvalue weighted by Gasteiger charge is 2.20. The lowest BCUT2D eigenvalue weighted by molar-refractivity contribution is -0.402. The molecule has 0 radical (unpaired) electrons. The van der Waals surface area contributed by atoms with Crippen molar-refractivity contribution in [2.24, 2.45) is 0 Å². The zero-order valence-corrected chi connectivity index (χ0v) is 9.52. The standard InChI is InChI=1S/C11H8N4O4/c16-14(17)10-7-6-9(11(13-10)15(18)19)12-8-4-2-1-3-5-8/h1-7,12H. The molecule has 2 aromatic rings. The van der Waals surface area contributed by atoms with Gasteiger partial charge in [-0.2, -0.15) is 0 Å². The van der Waals surface area contributed by atoms with Gasteiger partial charge in [0.2, 0.25) is 0 Å². The van der Waals surface area contributed by atoms with Crippen LogP contribution in [0.1, 0.15) is 0 Å². The molecule has 1 aromatic heterocycles. The Labute approximate surface area is 107 Å². The second-order valence-corrected chi connectivity index (χ2v) is 3.55. The van der Waals surface area contributed by atoms with E-state index in [1.165, 1.54) is 6.07 Å². The number of nitrogens with one attached hydrogen (secondary N) is 1. The molecule has 0 unspecified atom stereocenters. The average molecular weight is 260 g/mol. The molecule has 2 rings (SSSR count). The predicted octanol–water partition coefficient (Wildman–Crippen LogP) is 2.64. The summed E-state index contributed by atoms with van der Waals surface area (Å²) in [7, 11) is 0. The van der Waals surface area contributed by atoms with E-state index in [0.717, 1.165) is 6.07 Å². The Kier molecular flexibility index (Phi) is 3.33. The number of nitrogens with zero attached hydrogens (tertiary/aromatic N) is 3. The van der Waals surface area contributed by atoms with Crippen LogP contribution in [0.2, 0.25) is 0 Å². The maximum absolute atomic E-state index is 10.9. The first-order valence-electron chi connectivity index (χ1n) is 5.20. The average Bonchev–Trinajstić information content (AvgIpc) is 2.39. The fraction of sp³-hybridized carbons (Fsp3) is 0. The van der Waals surface area contributed by atoms with Crippen molar-refractivity contribution < 1.29 is 9.85 Å². The Bertz CT molecular complexity index is 630. The highest BCUT2D eigenvalue weighted by Crippen LogP contribution is 2.27. The summed E-state index contributed by atoms with van der Waals surface area (Å²) in [5, 5.41) is 24.2. The number of pyridine rings is 1. The summed E-state index contributed by atoms with van der Waals surface area (Å²) in [6.07, 6.45) is 0. The van der Waals surface area contributed by atoms with Gasteiger partial charge in [0, 0.05) is 16.7 Å². The van der Waals surface area contributed by atoms with E-state index in [0.29, 0.717) is 5.69 Å². The number of aromatic nitrogens is 1. The summed E-state index contributed by atoms with van der Waals surface area (Å²) in [5.41, 5.74) is 0.725. The molecule has 0 spiro atoms. The molecule has 8 nitrogen and oxygen atoms in total. The highest BCUT2D eigenvalue weighted by atomic mass is 16.6. The van der Waals surface area contributed by atoms with Crippen LogP contribution in [0.3, 0.4) is 0 Å². The summed E-state index contributed by atoms with van der Waals surface area (Å²) in [6.45, 7) is 0. The van der Waals surface area contributed by atoms with Gasteiger partial charge in [0.1, 0.15) is 5.69 Å². The van der Waals surface area contributed by atoms with Crippen LogP contribution < -0.4 is 5.32 Å². The van der Waals surface area contributed by atoms with Crippen LogP contribution in [0, 0.1) is 20.2 Å². The van der Waals surface area contributed by atoms with E-state index in [1.54, 1.807) is 30.3 Å². The van der Waals surface area contributed by atoms with Crippen LogP contribution in [-0.2, 0) is 0 Å². The van der Waals surface area contributed by atoms with Crippen molar-refractivity contribution in [3.63, 3.8) is 0 Å². The third kappa shape index (κ3) is 2.80. The fourth-order valence-electron chi connectivity index (χ4n) is 1.45. The van der Waals surface area contributed by atoms with E-state index in [1.807, 2.05) is 0 Å². The Hall–Kier alpha value is -3.03. The predicted molar refractivity (Wildman–Crippen MR) is 67.3 cm³/mol. The van der Waals surface area contributed by atoms with Gasteiger partial charge in [-0.3, -0.25) is 0 Å². The van der Waals surface area contributed by atoms with Gasteiger partial charge in [-0.25, -0.2) is 0 Å². The van der Waals surface area contributed by atoms with Crippen LogP contribution in [0.4, 0.5) is 23.0 Å². The van der Waals surface area contributed by atoms with Gasteiger partial charge < -0.3 is 25.5 Å². The van der Waals surface area contributed by atoms with Gasteiger partial charge in [-0.05, 0) is 28.0 Å². The molecular weight excluding hydrogens is 252 g/mol. The summed E-state index contributed by atoms with van der Waals surface area (Å²) in [4.78, 5) is 23.3. The van der Waals surface area contributed by atoms with Crippen LogP contribution in [-0.4, -0.2) is 14.8 Å². The number of anilines is 2. The number of hydrogen-bond acceptors (Lipinski definition) is 6. The molecule has 0 aliphatic rings. The van der Waals surface area contributed by atoms with Crippen molar-refractivity contribution in [3.05, 3.63) is 62.7 Å². The molecule has 1 heterocycles. The lowest BCUT2D eigenvalue weighted by Gasteiger charge is -2.06. The number of para-hydroxylation sites is 1. The molecule has 0 aliphatic heterocycles. The first-order valence-corrected chi connectivity index (χ1v) is 5.20. The molecule has 0 atom stereocenters. The van der Waals surface area contributed by atoms with E-state index in [9.17, 15) is 20.2 Å². The summed E-state index contributed by atoms with van der Waals surface area (Å²) in [5.74, 6) is -1.15. The zero-order chi connectivity index (χ0) is 13.8. The summed E-state index contributed by atoms with van der Waals surface area (Å²) >= 11 is 0. The minimum atomic E-state index is -0.778. The van der Waals surface area contributed by atoms with Crippen LogP contribution in [0.5, 0.6) is 0 Å². The highest BCUT2D eigenvalue weighted by molar-refractivity contribution is 5.67. The first-order chi connectivity index (χ1) is 9.08. The van der Waals surface area contributed by atoms with E-state index >= 15 is 0 Å². The third-order valence-electron chi connectivity index (χ3n) is 2.27. The second kappa shape index (κ2) is 5.08. The van der Waals surface area contributed by atoms with Crippen LogP contribution in [0.25, 0.3) is 0 Å². The lowest BCUT2D eigenvalue weighted by Crippen LogP contribution is -2.02. The maximum atomic E-state index is 10.9. The first kappa shape index (κ1) is 12.4. The smallest absolute Gasteiger partial charge is 0.358 e. The minimum Gasteiger partial charge on any atom is -0.358 e. The van der Waals surface area contributed by atoms with Crippen molar-refractivity contribution in [2.75, 3.05) is 5.32 Å². The van der Waals surface area contributed by atoms with Crippen molar-refractivity contribution in [2.45, 2.75) is 0 Å². The van der Waals surface area contributed by atoms with Gasteiger partial charge in [0.15, 0.2) is 0 Å². The topological polar surface area (TPSA) is 111 Å². The molecular formula is C11H8N4O4. The summed E-state index contributed by atoms with van der Waals surface area (Å²) in [6, 6.07) is 11.1. The van der Waals surface area contributed by atoms with Gasteiger partial charge in [-0.1, -0.05) is 18.2 Å². The maximum Gasteiger partial charge on any atom is 0.391 e. The molecule has 19 heavy (non-hydrogen) atoms. The normalized spacial score (nSPS) is 9.89. The fourth-order valence-corrected chi connectivity index (χ4v) is 1.45. The third-order valence-corrected chi connectivity index (χ3v) is 2.27. The molecule has 0 saturated heterocycles. The molecule has 1 N–H and O–H groups in total. The van der Waals surface area contributed by atoms with Gasteiger partial charge in [0.05, 0.1) is 0 Å². The monoisotopic (exact) mass is 260 g/mol. The minimum absolute atomic E-state index is 0.0989. The Morgan fingerprint density at radius 2 is 1.63 bits per heavy atom. The molecule has 96 valence electrons. The van der Waals surface area contributed by atoms with E-state index < -0.39 is 21.5 Å². The zero-order valence-electron chi connectivity index (χ0n) is 9.52. The van der Waals surface area contributed by atoms with Crippen LogP contribution >= 0.6 is 0 Å². The SMILES string of the molecule is O=[N+]([O-])c1ccc(Nc2ccccc2)c([N+](=O)[O-])n1. The number of benzene rings is 1. The quantitative estimate of drug-likeness (QED) is 0.668. The Morgan fingerprint density at radius 3 is 2.21 bits per heavy atom. The summed E-state index contributed by atoms with van der Waals surface area (Å²) < 4.78 is 0. The van der Waals surface area contributed by atoms with Gasteiger partial charge in [-0.15, -0.1) is 0 Å². The lowest BCUT2D eigenvalue weighted by atomic mass is 10.3. The number of rotatable bonds is 4. The van der Waals surface area contributed by atoms with Gasteiger partial charge >= 0.3 is 11.6 Å². The molecule has 0 aliphatic carbocycles. The molecule has 0 bridgehead atoms.